The van der Waals surface area contributed by atoms with Gasteiger partial charge in [-0.2, -0.15) is 0 Å². The molecule has 0 aliphatic heterocycles. The topological polar surface area (TPSA) is 46.2 Å². The van der Waals surface area contributed by atoms with Gasteiger partial charge in [0.25, 0.3) is 5.92 Å². The van der Waals surface area contributed by atoms with E-state index in [2.05, 4.69) is 0 Å². The lowest BCUT2D eigenvalue weighted by atomic mass is 9.94. The van der Waals surface area contributed by atoms with Gasteiger partial charge in [0, 0.05) is 17.9 Å². The molecule has 2 fully saturated rings. The standard InChI is InChI=1S/C7H11F2NO/c8-7(9)3-1-5(10)6(11)2-4(3)7/h3-6,11H,1-2,10H2. The lowest BCUT2D eigenvalue weighted by molar-refractivity contribution is 0.0777. The van der Waals surface area contributed by atoms with E-state index in [-0.39, 0.29) is 12.8 Å². The summed E-state index contributed by atoms with van der Waals surface area (Å²) >= 11 is 0. The fourth-order valence-corrected chi connectivity index (χ4v) is 1.99. The van der Waals surface area contributed by atoms with Crippen molar-refractivity contribution < 1.29 is 13.9 Å². The zero-order valence-electron chi connectivity index (χ0n) is 6.00. The number of aliphatic hydroxyl groups excluding tert-OH is 1. The Labute approximate surface area is 63.4 Å². The van der Waals surface area contributed by atoms with E-state index in [1.54, 1.807) is 0 Å². The van der Waals surface area contributed by atoms with Gasteiger partial charge in [0.15, 0.2) is 0 Å². The molecule has 11 heavy (non-hydrogen) atoms. The Morgan fingerprint density at radius 1 is 1.27 bits per heavy atom. The Kier molecular flexibility index (Phi) is 1.30. The Balaban J connectivity index is 2.07. The van der Waals surface area contributed by atoms with E-state index in [1.807, 2.05) is 0 Å². The molecule has 0 radical (unpaired) electrons. The summed E-state index contributed by atoms with van der Waals surface area (Å²) in [4.78, 5) is 0. The molecule has 2 rings (SSSR count). The van der Waals surface area contributed by atoms with Crippen LogP contribution in [0.3, 0.4) is 0 Å². The second-order valence-corrected chi connectivity index (χ2v) is 3.59. The van der Waals surface area contributed by atoms with Crippen molar-refractivity contribution in [1.82, 2.24) is 0 Å². The normalized spacial score (nSPS) is 53.5. The average Bonchev–Trinajstić information content (AvgIpc) is 2.39. The largest absolute Gasteiger partial charge is 0.391 e. The van der Waals surface area contributed by atoms with E-state index in [0.29, 0.717) is 0 Å². The second-order valence-electron chi connectivity index (χ2n) is 3.59. The molecule has 2 aliphatic rings. The number of aliphatic hydroxyl groups is 1. The summed E-state index contributed by atoms with van der Waals surface area (Å²) in [5.74, 6) is -3.66. The van der Waals surface area contributed by atoms with Gasteiger partial charge < -0.3 is 10.8 Å². The number of rotatable bonds is 0. The molecule has 0 heterocycles. The molecule has 2 saturated carbocycles. The van der Waals surface area contributed by atoms with Crippen LogP contribution in [0.1, 0.15) is 12.8 Å². The van der Waals surface area contributed by atoms with Gasteiger partial charge in [0.1, 0.15) is 0 Å². The Morgan fingerprint density at radius 2 is 1.82 bits per heavy atom. The molecule has 0 aromatic rings. The molecule has 2 aliphatic carbocycles. The summed E-state index contributed by atoms with van der Waals surface area (Å²) in [6.45, 7) is 0. The maximum absolute atomic E-state index is 12.7. The first-order valence-corrected chi connectivity index (χ1v) is 3.85. The minimum absolute atomic E-state index is 0.179. The van der Waals surface area contributed by atoms with E-state index in [4.69, 9.17) is 10.8 Å². The Hall–Kier alpha value is -0.220. The van der Waals surface area contributed by atoms with E-state index >= 15 is 0 Å². The number of nitrogens with two attached hydrogens (primary N) is 1. The highest BCUT2D eigenvalue weighted by Gasteiger charge is 2.70. The third-order valence-electron chi connectivity index (χ3n) is 2.88. The van der Waals surface area contributed by atoms with Crippen molar-refractivity contribution in [2.24, 2.45) is 17.6 Å². The summed E-state index contributed by atoms with van der Waals surface area (Å²) in [7, 11) is 0. The molecule has 3 N–H and O–H groups in total. The minimum Gasteiger partial charge on any atom is -0.391 e. The molecule has 4 unspecified atom stereocenters. The summed E-state index contributed by atoms with van der Waals surface area (Å²) in [6.07, 6.45) is -0.262. The molecule has 0 saturated heterocycles. The maximum atomic E-state index is 12.7. The molecule has 0 aromatic carbocycles. The van der Waals surface area contributed by atoms with Crippen molar-refractivity contribution in [3.05, 3.63) is 0 Å². The molecule has 64 valence electrons. The molecular weight excluding hydrogens is 152 g/mol. The van der Waals surface area contributed by atoms with Crippen LogP contribution >= 0.6 is 0 Å². The molecule has 4 heteroatoms. The molecule has 4 atom stereocenters. The smallest absolute Gasteiger partial charge is 0.254 e. The second kappa shape index (κ2) is 1.93. The number of alkyl halides is 2. The molecular formula is C7H11F2NO. The number of hydrogen-bond donors (Lipinski definition) is 2. The highest BCUT2D eigenvalue weighted by atomic mass is 19.3. The van der Waals surface area contributed by atoms with Gasteiger partial charge in [-0.1, -0.05) is 0 Å². The van der Waals surface area contributed by atoms with Crippen LogP contribution in [0.4, 0.5) is 8.78 Å². The average molecular weight is 163 g/mol. The summed E-state index contributed by atoms with van der Waals surface area (Å²) in [6, 6.07) is -0.440. The predicted molar refractivity (Wildman–Crippen MR) is 35.1 cm³/mol. The first-order chi connectivity index (χ1) is 5.03. The molecule has 0 amide bonds. The van der Waals surface area contributed by atoms with Gasteiger partial charge in [-0.3, -0.25) is 0 Å². The first-order valence-electron chi connectivity index (χ1n) is 3.85. The van der Waals surface area contributed by atoms with Crippen LogP contribution in [0.2, 0.25) is 0 Å². The van der Waals surface area contributed by atoms with E-state index in [1.165, 1.54) is 0 Å². The van der Waals surface area contributed by atoms with Gasteiger partial charge in [0.2, 0.25) is 0 Å². The molecule has 0 spiro atoms. The van der Waals surface area contributed by atoms with Crippen LogP contribution in [0, 0.1) is 11.8 Å². The summed E-state index contributed by atoms with van der Waals surface area (Å²) < 4.78 is 25.4. The first kappa shape index (κ1) is 7.43. The monoisotopic (exact) mass is 163 g/mol. The summed E-state index contributed by atoms with van der Waals surface area (Å²) in [5, 5.41) is 9.15. The van der Waals surface area contributed by atoms with Gasteiger partial charge in [-0.05, 0) is 12.8 Å². The van der Waals surface area contributed by atoms with Crippen molar-refractivity contribution in [3.8, 4) is 0 Å². The van der Waals surface area contributed by atoms with E-state index < -0.39 is 29.9 Å². The van der Waals surface area contributed by atoms with Crippen molar-refractivity contribution in [3.63, 3.8) is 0 Å². The lowest BCUT2D eigenvalue weighted by Crippen LogP contribution is -2.38. The van der Waals surface area contributed by atoms with Crippen molar-refractivity contribution in [2.45, 2.75) is 30.9 Å². The molecule has 0 bridgehead atoms. The quantitative estimate of drug-likeness (QED) is 0.541. The van der Waals surface area contributed by atoms with E-state index in [9.17, 15) is 8.78 Å². The van der Waals surface area contributed by atoms with Crippen molar-refractivity contribution >= 4 is 0 Å². The SMILES string of the molecule is NC1CC2C(CC1O)C2(F)F. The van der Waals surface area contributed by atoms with Crippen LogP contribution in [0.25, 0.3) is 0 Å². The Bertz CT molecular complexity index is 167. The van der Waals surface area contributed by atoms with Gasteiger partial charge in [0.05, 0.1) is 6.10 Å². The van der Waals surface area contributed by atoms with Crippen molar-refractivity contribution in [2.75, 3.05) is 0 Å². The number of fused-ring (bicyclic) bond motifs is 1. The van der Waals surface area contributed by atoms with Crippen LogP contribution in [-0.4, -0.2) is 23.2 Å². The van der Waals surface area contributed by atoms with Crippen LogP contribution < -0.4 is 5.73 Å². The Morgan fingerprint density at radius 3 is 2.36 bits per heavy atom. The highest BCUT2D eigenvalue weighted by molar-refractivity contribution is 5.11. The van der Waals surface area contributed by atoms with Crippen LogP contribution in [0.15, 0.2) is 0 Å². The maximum Gasteiger partial charge on any atom is 0.254 e. The van der Waals surface area contributed by atoms with Crippen molar-refractivity contribution in [1.29, 1.82) is 0 Å². The number of hydrogen-bond acceptors (Lipinski definition) is 2. The zero-order chi connectivity index (χ0) is 8.22. The summed E-state index contributed by atoms with van der Waals surface area (Å²) in [5.41, 5.74) is 5.43. The third-order valence-corrected chi connectivity index (χ3v) is 2.88. The minimum atomic E-state index is -2.53. The van der Waals surface area contributed by atoms with Crippen LogP contribution in [0.5, 0.6) is 0 Å². The van der Waals surface area contributed by atoms with Gasteiger partial charge in [-0.15, -0.1) is 0 Å². The van der Waals surface area contributed by atoms with Crippen LogP contribution in [-0.2, 0) is 0 Å². The predicted octanol–water partition coefficient (Wildman–Crippen LogP) is 0.350. The highest BCUT2D eigenvalue weighted by Crippen LogP contribution is 2.61. The lowest BCUT2D eigenvalue weighted by Gasteiger charge is -2.21. The van der Waals surface area contributed by atoms with Gasteiger partial charge >= 0.3 is 0 Å². The van der Waals surface area contributed by atoms with Gasteiger partial charge in [-0.25, -0.2) is 8.78 Å². The number of halogens is 2. The fraction of sp³-hybridized carbons (Fsp3) is 1.00. The van der Waals surface area contributed by atoms with E-state index in [0.717, 1.165) is 0 Å². The fourth-order valence-electron chi connectivity index (χ4n) is 1.99. The third kappa shape index (κ3) is 0.891. The molecule has 0 aromatic heterocycles. The zero-order valence-corrected chi connectivity index (χ0v) is 6.00. The molecule has 2 nitrogen and oxygen atoms in total.